The summed E-state index contributed by atoms with van der Waals surface area (Å²) in [5.41, 5.74) is 4.14. The molecule has 0 bridgehead atoms. The molecule has 0 aromatic heterocycles. The van der Waals surface area contributed by atoms with Crippen LogP contribution in [0.15, 0.2) is 52.0 Å². The Labute approximate surface area is 163 Å². The van der Waals surface area contributed by atoms with E-state index < -0.39 is 11.8 Å². The minimum Gasteiger partial charge on any atom is -0.454 e. The Morgan fingerprint density at radius 2 is 1.96 bits per heavy atom. The van der Waals surface area contributed by atoms with Crippen LogP contribution in [0, 0.1) is 5.92 Å². The average molecular weight is 430 g/mol. The Balaban J connectivity index is 1.47. The van der Waals surface area contributed by atoms with E-state index in [1.165, 1.54) is 6.21 Å². The van der Waals surface area contributed by atoms with Gasteiger partial charge in [-0.25, -0.2) is 5.43 Å². The maximum absolute atomic E-state index is 12.6. The Bertz CT molecular complexity index is 917. The summed E-state index contributed by atoms with van der Waals surface area (Å²) in [7, 11) is 0. The van der Waals surface area contributed by atoms with E-state index in [0.29, 0.717) is 18.0 Å². The molecule has 8 heteroatoms. The van der Waals surface area contributed by atoms with E-state index in [9.17, 15) is 9.59 Å². The third-order valence-corrected chi connectivity index (χ3v) is 5.25. The molecule has 1 fully saturated rings. The maximum Gasteiger partial charge on any atom is 0.253 e. The SMILES string of the molecule is O=C1NC[C@H](c2ccccc2)[C@@H]1C(=O)N/N=C/c1cc2c(cc1Br)OCO2. The number of halogens is 1. The van der Waals surface area contributed by atoms with Crippen LogP contribution < -0.4 is 20.2 Å². The van der Waals surface area contributed by atoms with Crippen LogP contribution in [-0.2, 0) is 9.59 Å². The number of fused-ring (bicyclic) bond motifs is 1. The molecule has 2 aromatic rings. The van der Waals surface area contributed by atoms with Crippen molar-refractivity contribution in [2.45, 2.75) is 5.92 Å². The Morgan fingerprint density at radius 3 is 2.74 bits per heavy atom. The molecule has 0 spiro atoms. The van der Waals surface area contributed by atoms with Crippen molar-refractivity contribution in [1.29, 1.82) is 0 Å². The van der Waals surface area contributed by atoms with Gasteiger partial charge in [0.05, 0.1) is 6.21 Å². The first-order valence-corrected chi connectivity index (χ1v) is 9.17. The summed E-state index contributed by atoms with van der Waals surface area (Å²) >= 11 is 3.43. The quantitative estimate of drug-likeness (QED) is 0.442. The molecule has 2 atom stereocenters. The van der Waals surface area contributed by atoms with Gasteiger partial charge < -0.3 is 14.8 Å². The first kappa shape index (κ1) is 17.5. The predicted molar refractivity (Wildman–Crippen MR) is 102 cm³/mol. The third-order valence-electron chi connectivity index (χ3n) is 4.56. The molecule has 0 radical (unpaired) electrons. The molecule has 0 unspecified atom stereocenters. The summed E-state index contributed by atoms with van der Waals surface area (Å²) < 4.78 is 11.4. The van der Waals surface area contributed by atoms with Crippen molar-refractivity contribution in [2.24, 2.45) is 11.0 Å². The van der Waals surface area contributed by atoms with Crippen molar-refractivity contribution < 1.29 is 19.1 Å². The van der Waals surface area contributed by atoms with Gasteiger partial charge in [0.1, 0.15) is 5.92 Å². The van der Waals surface area contributed by atoms with Crippen LogP contribution in [0.25, 0.3) is 0 Å². The highest BCUT2D eigenvalue weighted by atomic mass is 79.9. The molecule has 2 N–H and O–H groups in total. The third kappa shape index (κ3) is 3.52. The molecule has 0 aliphatic carbocycles. The number of ether oxygens (including phenoxy) is 2. The molecular formula is C19H16BrN3O4. The molecule has 138 valence electrons. The van der Waals surface area contributed by atoms with E-state index in [2.05, 4.69) is 31.8 Å². The number of hydrogen-bond donors (Lipinski definition) is 2. The molecule has 0 saturated carbocycles. The molecule has 27 heavy (non-hydrogen) atoms. The van der Waals surface area contributed by atoms with Crippen molar-refractivity contribution in [2.75, 3.05) is 13.3 Å². The van der Waals surface area contributed by atoms with Crippen molar-refractivity contribution in [3.05, 3.63) is 58.1 Å². The van der Waals surface area contributed by atoms with Crippen LogP contribution >= 0.6 is 15.9 Å². The van der Waals surface area contributed by atoms with Crippen LogP contribution in [0.2, 0.25) is 0 Å². The summed E-state index contributed by atoms with van der Waals surface area (Å²) in [5, 5.41) is 6.76. The number of hydrogen-bond acceptors (Lipinski definition) is 5. The monoisotopic (exact) mass is 429 g/mol. The first-order chi connectivity index (χ1) is 13.1. The van der Waals surface area contributed by atoms with Gasteiger partial charge >= 0.3 is 0 Å². The van der Waals surface area contributed by atoms with Gasteiger partial charge in [-0.3, -0.25) is 9.59 Å². The molecule has 4 rings (SSSR count). The van der Waals surface area contributed by atoms with Gasteiger partial charge in [-0.2, -0.15) is 5.10 Å². The summed E-state index contributed by atoms with van der Waals surface area (Å²) in [4.78, 5) is 24.7. The molecule has 2 aliphatic rings. The lowest BCUT2D eigenvalue weighted by atomic mass is 9.88. The molecule has 2 aliphatic heterocycles. The van der Waals surface area contributed by atoms with Crippen LogP contribution in [0.1, 0.15) is 17.0 Å². The van der Waals surface area contributed by atoms with E-state index >= 15 is 0 Å². The van der Waals surface area contributed by atoms with Gasteiger partial charge in [0.15, 0.2) is 11.5 Å². The highest BCUT2D eigenvalue weighted by Gasteiger charge is 2.40. The Kier molecular flexibility index (Phi) is 4.81. The molecular weight excluding hydrogens is 414 g/mol. The second-order valence-corrected chi connectivity index (χ2v) is 7.06. The Hall–Kier alpha value is -2.87. The normalized spacial score (nSPS) is 20.7. The highest BCUT2D eigenvalue weighted by Crippen LogP contribution is 2.36. The van der Waals surface area contributed by atoms with Gasteiger partial charge in [-0.1, -0.05) is 30.3 Å². The van der Waals surface area contributed by atoms with Crippen LogP contribution in [0.4, 0.5) is 0 Å². The lowest BCUT2D eigenvalue weighted by molar-refractivity contribution is -0.133. The molecule has 2 heterocycles. The number of rotatable bonds is 4. The molecule has 7 nitrogen and oxygen atoms in total. The molecule has 2 aromatic carbocycles. The van der Waals surface area contributed by atoms with Gasteiger partial charge in [-0.05, 0) is 33.6 Å². The number of carbonyl (C=O) groups excluding carboxylic acids is 2. The summed E-state index contributed by atoms with van der Waals surface area (Å²) in [5.74, 6) is -0.495. The smallest absolute Gasteiger partial charge is 0.253 e. The number of benzene rings is 2. The fraction of sp³-hybridized carbons (Fsp3) is 0.211. The summed E-state index contributed by atoms with van der Waals surface area (Å²) in [6.07, 6.45) is 1.49. The summed E-state index contributed by atoms with van der Waals surface area (Å²) in [6, 6.07) is 13.1. The number of carbonyl (C=O) groups is 2. The molecule has 1 saturated heterocycles. The zero-order valence-corrected chi connectivity index (χ0v) is 15.7. The van der Waals surface area contributed by atoms with Crippen molar-refractivity contribution >= 4 is 34.0 Å². The number of nitrogens with zero attached hydrogens (tertiary/aromatic N) is 1. The number of nitrogens with one attached hydrogen (secondary N) is 2. The van der Waals surface area contributed by atoms with E-state index in [1.807, 2.05) is 30.3 Å². The van der Waals surface area contributed by atoms with Gasteiger partial charge in [0.25, 0.3) is 5.91 Å². The minimum atomic E-state index is -0.815. The fourth-order valence-corrected chi connectivity index (χ4v) is 3.62. The predicted octanol–water partition coefficient (Wildman–Crippen LogP) is 2.16. The Morgan fingerprint density at radius 1 is 1.22 bits per heavy atom. The van der Waals surface area contributed by atoms with E-state index in [4.69, 9.17) is 9.47 Å². The number of amides is 2. The van der Waals surface area contributed by atoms with Gasteiger partial charge in [0.2, 0.25) is 12.7 Å². The largest absolute Gasteiger partial charge is 0.454 e. The zero-order valence-electron chi connectivity index (χ0n) is 14.1. The van der Waals surface area contributed by atoms with Gasteiger partial charge in [0, 0.05) is 22.5 Å². The summed E-state index contributed by atoms with van der Waals surface area (Å²) in [6.45, 7) is 0.606. The topological polar surface area (TPSA) is 89.0 Å². The average Bonchev–Trinajstić information content (AvgIpc) is 3.28. The van der Waals surface area contributed by atoms with Crippen LogP contribution in [-0.4, -0.2) is 31.4 Å². The number of hydrazone groups is 1. The van der Waals surface area contributed by atoms with Gasteiger partial charge in [-0.15, -0.1) is 0 Å². The second kappa shape index (κ2) is 7.40. The second-order valence-electron chi connectivity index (χ2n) is 6.20. The minimum absolute atomic E-state index is 0.177. The van der Waals surface area contributed by atoms with Crippen LogP contribution in [0.3, 0.4) is 0 Å². The maximum atomic E-state index is 12.6. The fourth-order valence-electron chi connectivity index (χ4n) is 3.20. The van der Waals surface area contributed by atoms with Crippen molar-refractivity contribution in [3.63, 3.8) is 0 Å². The van der Waals surface area contributed by atoms with Crippen molar-refractivity contribution in [1.82, 2.24) is 10.7 Å². The van der Waals surface area contributed by atoms with E-state index in [1.54, 1.807) is 12.1 Å². The highest BCUT2D eigenvalue weighted by molar-refractivity contribution is 9.10. The standard InChI is InChI=1S/C19H16BrN3O4/c20-14-7-16-15(26-10-27-16)6-12(14)8-22-23-19(25)17-13(9-21-18(17)24)11-4-2-1-3-5-11/h1-8,13,17H,9-10H2,(H,21,24)(H,23,25)/b22-8+/t13-,17+/m1/s1. The zero-order chi connectivity index (χ0) is 18.8. The lowest BCUT2D eigenvalue weighted by Gasteiger charge is -2.15. The van der Waals surface area contributed by atoms with E-state index in [0.717, 1.165) is 15.6 Å². The first-order valence-electron chi connectivity index (χ1n) is 8.38. The van der Waals surface area contributed by atoms with E-state index in [-0.39, 0.29) is 18.6 Å². The van der Waals surface area contributed by atoms with Crippen LogP contribution in [0.5, 0.6) is 11.5 Å². The molecule has 2 amide bonds. The lowest BCUT2D eigenvalue weighted by Crippen LogP contribution is -2.34. The van der Waals surface area contributed by atoms with Crippen molar-refractivity contribution in [3.8, 4) is 11.5 Å².